The van der Waals surface area contributed by atoms with Crippen molar-refractivity contribution in [3.05, 3.63) is 29.6 Å². The van der Waals surface area contributed by atoms with Crippen molar-refractivity contribution >= 4 is 0 Å². The Kier molecular flexibility index (Phi) is 2.54. The molecule has 0 spiro atoms. The number of rotatable bonds is 2. The second-order valence-corrected chi connectivity index (χ2v) is 2.47. The van der Waals surface area contributed by atoms with Gasteiger partial charge in [0.05, 0.1) is 0 Å². The van der Waals surface area contributed by atoms with Gasteiger partial charge in [0.25, 0.3) is 0 Å². The number of hydrogen-bond acceptors (Lipinski definition) is 2. The van der Waals surface area contributed by atoms with E-state index in [-0.39, 0.29) is 0 Å². The number of halogens is 1. The molecular formula is C8H10FNO. The van der Waals surface area contributed by atoms with Crippen LogP contribution in [-0.2, 0) is 0 Å². The van der Waals surface area contributed by atoms with Crippen LogP contribution in [0.2, 0.25) is 0 Å². The second-order valence-electron chi connectivity index (χ2n) is 2.47. The lowest BCUT2D eigenvalue weighted by molar-refractivity contribution is 0.141. The van der Waals surface area contributed by atoms with Crippen LogP contribution in [0.5, 0.6) is 0 Å². The van der Waals surface area contributed by atoms with E-state index < -0.39 is 12.8 Å². The fraction of sp³-hybridized carbons (Fsp3) is 0.375. The number of aromatic nitrogens is 1. The minimum atomic E-state index is -1.03. The first-order valence-electron chi connectivity index (χ1n) is 3.39. The Hall–Kier alpha value is -0.960. The van der Waals surface area contributed by atoms with E-state index in [1.165, 1.54) is 6.20 Å². The van der Waals surface area contributed by atoms with Crippen LogP contribution in [0.1, 0.15) is 17.2 Å². The van der Waals surface area contributed by atoms with Gasteiger partial charge in [-0.1, -0.05) is 6.07 Å². The minimum Gasteiger partial charge on any atom is -0.386 e. The molecule has 1 atom stereocenters. The van der Waals surface area contributed by atoms with E-state index in [2.05, 4.69) is 4.98 Å². The standard InChI is InChI=1S/C8H10FNO/c1-6-2-7(5-10-4-6)8(11)3-9/h2,4-5,8,11H,3H2,1H3. The van der Waals surface area contributed by atoms with Gasteiger partial charge in [0, 0.05) is 18.0 Å². The molecule has 0 aromatic carbocycles. The monoisotopic (exact) mass is 155 g/mol. The van der Waals surface area contributed by atoms with Crippen molar-refractivity contribution in [1.82, 2.24) is 4.98 Å². The number of nitrogens with zero attached hydrogens (tertiary/aromatic N) is 1. The molecule has 3 heteroatoms. The fourth-order valence-electron chi connectivity index (χ4n) is 0.850. The first kappa shape index (κ1) is 8.14. The molecule has 60 valence electrons. The van der Waals surface area contributed by atoms with Crippen LogP contribution in [-0.4, -0.2) is 16.8 Å². The number of aliphatic hydroxyl groups excluding tert-OH is 1. The third-order valence-corrected chi connectivity index (χ3v) is 1.43. The maximum Gasteiger partial charge on any atom is 0.120 e. The molecule has 1 N–H and O–H groups in total. The third-order valence-electron chi connectivity index (χ3n) is 1.43. The maximum atomic E-state index is 11.9. The van der Waals surface area contributed by atoms with E-state index in [0.717, 1.165) is 5.56 Å². The summed E-state index contributed by atoms with van der Waals surface area (Å²) >= 11 is 0. The van der Waals surface area contributed by atoms with Crippen LogP contribution >= 0.6 is 0 Å². The second kappa shape index (κ2) is 3.44. The zero-order chi connectivity index (χ0) is 8.27. The Labute approximate surface area is 64.7 Å². The van der Waals surface area contributed by atoms with Gasteiger partial charge >= 0.3 is 0 Å². The Morgan fingerprint density at radius 3 is 2.91 bits per heavy atom. The predicted octanol–water partition coefficient (Wildman–Crippen LogP) is 1.39. The molecule has 0 radical (unpaired) electrons. The molecule has 1 rings (SSSR count). The topological polar surface area (TPSA) is 33.1 Å². The van der Waals surface area contributed by atoms with Crippen LogP contribution in [0.25, 0.3) is 0 Å². The van der Waals surface area contributed by atoms with Gasteiger partial charge in [-0.05, 0) is 12.5 Å². The van der Waals surface area contributed by atoms with Gasteiger partial charge in [0.15, 0.2) is 0 Å². The zero-order valence-corrected chi connectivity index (χ0v) is 6.29. The molecule has 0 aliphatic rings. The quantitative estimate of drug-likeness (QED) is 0.700. The van der Waals surface area contributed by atoms with Gasteiger partial charge in [0.1, 0.15) is 12.8 Å². The Morgan fingerprint density at radius 1 is 1.64 bits per heavy atom. The highest BCUT2D eigenvalue weighted by molar-refractivity contribution is 5.18. The van der Waals surface area contributed by atoms with Gasteiger partial charge < -0.3 is 5.11 Å². The first-order valence-corrected chi connectivity index (χ1v) is 3.39. The van der Waals surface area contributed by atoms with Crippen molar-refractivity contribution in [3.63, 3.8) is 0 Å². The molecule has 1 unspecified atom stereocenters. The summed E-state index contributed by atoms with van der Waals surface area (Å²) in [5.74, 6) is 0. The van der Waals surface area contributed by atoms with Crippen LogP contribution in [0, 0.1) is 6.92 Å². The van der Waals surface area contributed by atoms with Crippen molar-refractivity contribution in [3.8, 4) is 0 Å². The highest BCUT2D eigenvalue weighted by Crippen LogP contribution is 2.12. The predicted molar refractivity (Wildman–Crippen MR) is 39.9 cm³/mol. The van der Waals surface area contributed by atoms with E-state index in [1.54, 1.807) is 12.3 Å². The Morgan fingerprint density at radius 2 is 2.36 bits per heavy atom. The van der Waals surface area contributed by atoms with Crippen LogP contribution in [0.3, 0.4) is 0 Å². The van der Waals surface area contributed by atoms with Crippen LogP contribution in [0.15, 0.2) is 18.5 Å². The largest absolute Gasteiger partial charge is 0.386 e. The van der Waals surface area contributed by atoms with Gasteiger partial charge in [0.2, 0.25) is 0 Å². The first-order chi connectivity index (χ1) is 5.24. The maximum absolute atomic E-state index is 11.9. The summed E-state index contributed by atoms with van der Waals surface area (Å²) in [7, 11) is 0. The van der Waals surface area contributed by atoms with E-state index in [9.17, 15) is 4.39 Å². The van der Waals surface area contributed by atoms with Gasteiger partial charge in [-0.2, -0.15) is 0 Å². The molecule has 2 nitrogen and oxygen atoms in total. The molecule has 1 aromatic heterocycles. The molecular weight excluding hydrogens is 145 g/mol. The number of hydrogen-bond donors (Lipinski definition) is 1. The zero-order valence-electron chi connectivity index (χ0n) is 6.29. The third kappa shape index (κ3) is 1.98. The highest BCUT2D eigenvalue weighted by Gasteiger charge is 2.05. The molecule has 1 aromatic rings. The summed E-state index contributed by atoms with van der Waals surface area (Å²) in [4.78, 5) is 3.83. The summed E-state index contributed by atoms with van der Waals surface area (Å²) in [5, 5.41) is 9.04. The molecule has 1 heterocycles. The molecule has 0 aliphatic heterocycles. The summed E-state index contributed by atoms with van der Waals surface area (Å²) in [6, 6.07) is 1.72. The summed E-state index contributed by atoms with van der Waals surface area (Å²) < 4.78 is 11.9. The van der Waals surface area contributed by atoms with Crippen molar-refractivity contribution in [2.75, 3.05) is 6.67 Å². The molecule has 0 saturated heterocycles. The van der Waals surface area contributed by atoms with E-state index >= 15 is 0 Å². The number of pyridine rings is 1. The summed E-state index contributed by atoms with van der Waals surface area (Å²) in [6.07, 6.45) is 2.11. The van der Waals surface area contributed by atoms with E-state index in [0.29, 0.717) is 5.56 Å². The Balaban J connectivity index is 2.86. The van der Waals surface area contributed by atoms with Gasteiger partial charge in [-0.15, -0.1) is 0 Å². The van der Waals surface area contributed by atoms with Crippen LogP contribution < -0.4 is 0 Å². The molecule has 0 aliphatic carbocycles. The fourth-order valence-corrected chi connectivity index (χ4v) is 0.850. The van der Waals surface area contributed by atoms with E-state index in [4.69, 9.17) is 5.11 Å². The van der Waals surface area contributed by atoms with E-state index in [1.807, 2.05) is 6.92 Å². The van der Waals surface area contributed by atoms with Gasteiger partial charge in [-0.3, -0.25) is 4.98 Å². The summed E-state index contributed by atoms with van der Waals surface area (Å²) in [6.45, 7) is 1.09. The molecule has 0 amide bonds. The van der Waals surface area contributed by atoms with Crippen molar-refractivity contribution in [2.45, 2.75) is 13.0 Å². The molecule has 11 heavy (non-hydrogen) atoms. The lowest BCUT2D eigenvalue weighted by Gasteiger charge is -2.05. The van der Waals surface area contributed by atoms with Crippen molar-refractivity contribution in [2.24, 2.45) is 0 Å². The number of alkyl halides is 1. The van der Waals surface area contributed by atoms with Crippen LogP contribution in [0.4, 0.5) is 4.39 Å². The minimum absolute atomic E-state index is 0.535. The number of aryl methyl sites for hydroxylation is 1. The molecule has 0 bridgehead atoms. The lowest BCUT2D eigenvalue weighted by atomic mass is 10.1. The molecule has 0 saturated carbocycles. The van der Waals surface area contributed by atoms with Gasteiger partial charge in [-0.25, -0.2) is 4.39 Å². The summed E-state index contributed by atoms with van der Waals surface area (Å²) in [5.41, 5.74) is 1.46. The molecule has 0 fully saturated rings. The Bertz CT molecular complexity index is 239. The van der Waals surface area contributed by atoms with Crippen molar-refractivity contribution in [1.29, 1.82) is 0 Å². The lowest BCUT2D eigenvalue weighted by Crippen LogP contribution is -1.99. The average molecular weight is 155 g/mol. The normalized spacial score (nSPS) is 13.0. The number of aliphatic hydroxyl groups is 1. The highest BCUT2D eigenvalue weighted by atomic mass is 19.1. The SMILES string of the molecule is Cc1cncc(C(O)CF)c1. The van der Waals surface area contributed by atoms with Crippen molar-refractivity contribution < 1.29 is 9.50 Å². The average Bonchev–Trinajstić information content (AvgIpc) is 2.03. The smallest absolute Gasteiger partial charge is 0.120 e.